The molecule has 4 heteroatoms. The molecule has 0 radical (unpaired) electrons. The summed E-state index contributed by atoms with van der Waals surface area (Å²) in [6.07, 6.45) is 3.71. The van der Waals surface area contributed by atoms with Crippen LogP contribution < -0.4 is 0 Å². The lowest BCUT2D eigenvalue weighted by molar-refractivity contribution is 0.673. The quantitative estimate of drug-likeness (QED) is 0.190. The average Bonchev–Trinajstić information content (AvgIpc) is 3.53. The molecular weight excluding hydrogens is 574 g/mol. The van der Waals surface area contributed by atoms with Crippen molar-refractivity contribution in [1.29, 1.82) is 0 Å². The second-order valence-electron chi connectivity index (χ2n) is 12.0. The number of fused-ring (bicyclic) bond motifs is 10. The molecule has 4 nitrogen and oxygen atoms in total. The highest BCUT2D eigenvalue weighted by atomic mass is 16.3. The van der Waals surface area contributed by atoms with Gasteiger partial charge in [-0.15, -0.1) is 0 Å². The van der Waals surface area contributed by atoms with Crippen LogP contribution in [-0.4, -0.2) is 15.0 Å². The zero-order valence-electron chi connectivity index (χ0n) is 25.2. The summed E-state index contributed by atoms with van der Waals surface area (Å²) in [4.78, 5) is 14.5. The Morgan fingerprint density at radius 2 is 1.21 bits per heavy atom. The number of hydrogen-bond donors (Lipinski definition) is 0. The van der Waals surface area contributed by atoms with Crippen LogP contribution in [-0.2, 0) is 0 Å². The van der Waals surface area contributed by atoms with E-state index < -0.39 is 0 Å². The summed E-state index contributed by atoms with van der Waals surface area (Å²) in [7, 11) is 0. The highest BCUT2D eigenvalue weighted by molar-refractivity contribution is 6.24. The summed E-state index contributed by atoms with van der Waals surface area (Å²) < 4.78 is 6.52. The average molecular weight is 600 g/mol. The number of nitrogens with zero attached hydrogens (tertiary/aromatic N) is 3. The first-order chi connectivity index (χ1) is 23.3. The van der Waals surface area contributed by atoms with Crippen LogP contribution in [0.1, 0.15) is 0 Å². The fraction of sp³-hybridized carbons (Fsp3) is 0. The normalized spacial score (nSPS) is 11.8. The Morgan fingerprint density at radius 3 is 2.15 bits per heavy atom. The molecular formula is C43H25N3O. The number of benzene rings is 6. The van der Waals surface area contributed by atoms with Crippen LogP contribution in [0, 0.1) is 0 Å². The molecule has 10 aromatic rings. The Morgan fingerprint density at radius 1 is 0.447 bits per heavy atom. The molecule has 0 unspecified atom stereocenters. The molecule has 0 atom stereocenters. The van der Waals surface area contributed by atoms with Gasteiger partial charge in [-0.3, -0.25) is 9.97 Å². The van der Waals surface area contributed by atoms with Gasteiger partial charge in [-0.2, -0.15) is 0 Å². The van der Waals surface area contributed by atoms with Gasteiger partial charge in [0.25, 0.3) is 0 Å². The van der Waals surface area contributed by atoms with E-state index in [0.29, 0.717) is 0 Å². The zero-order valence-corrected chi connectivity index (χ0v) is 25.2. The maximum absolute atomic E-state index is 6.52. The highest BCUT2D eigenvalue weighted by Crippen LogP contribution is 2.41. The molecule has 10 rings (SSSR count). The lowest BCUT2D eigenvalue weighted by Gasteiger charge is -2.12. The second kappa shape index (κ2) is 10.1. The first-order valence-corrected chi connectivity index (χ1v) is 15.8. The van der Waals surface area contributed by atoms with Crippen molar-refractivity contribution >= 4 is 65.4 Å². The molecule has 47 heavy (non-hydrogen) atoms. The second-order valence-corrected chi connectivity index (χ2v) is 12.0. The molecule has 0 saturated heterocycles. The van der Waals surface area contributed by atoms with Gasteiger partial charge in [0.2, 0.25) is 0 Å². The van der Waals surface area contributed by atoms with E-state index in [-0.39, 0.29) is 0 Å². The maximum Gasteiger partial charge on any atom is 0.144 e. The van der Waals surface area contributed by atoms with Crippen molar-refractivity contribution in [1.82, 2.24) is 15.0 Å². The van der Waals surface area contributed by atoms with Gasteiger partial charge in [0.05, 0.1) is 22.2 Å². The van der Waals surface area contributed by atoms with Gasteiger partial charge in [0, 0.05) is 55.7 Å². The van der Waals surface area contributed by atoms with E-state index in [1.54, 1.807) is 0 Å². The number of rotatable bonds is 3. The van der Waals surface area contributed by atoms with Crippen LogP contribution in [0.5, 0.6) is 0 Å². The fourth-order valence-electron chi connectivity index (χ4n) is 7.13. The molecule has 4 heterocycles. The SMILES string of the molecule is c1cc(-c2ccc(-c3ccnc4c3ccc3cccnc34)cc2)cc(-c2nc3ccccc3c3c2ccc2c4ccccc4oc23)c1. The predicted molar refractivity (Wildman–Crippen MR) is 193 cm³/mol. The van der Waals surface area contributed by atoms with E-state index in [1.807, 2.05) is 36.7 Å². The number of hydrogen-bond acceptors (Lipinski definition) is 4. The van der Waals surface area contributed by atoms with E-state index in [2.05, 4.69) is 120 Å². The minimum atomic E-state index is 0.896. The van der Waals surface area contributed by atoms with Crippen LogP contribution in [0.15, 0.2) is 156 Å². The van der Waals surface area contributed by atoms with E-state index >= 15 is 0 Å². The Hall–Kier alpha value is -6.39. The Balaban J connectivity index is 1.10. The number of para-hydroxylation sites is 2. The van der Waals surface area contributed by atoms with Crippen LogP contribution >= 0.6 is 0 Å². The summed E-state index contributed by atoms with van der Waals surface area (Å²) >= 11 is 0. The molecule has 0 bridgehead atoms. The number of furan rings is 1. The van der Waals surface area contributed by atoms with Gasteiger partial charge in [-0.1, -0.05) is 103 Å². The van der Waals surface area contributed by atoms with Crippen molar-refractivity contribution in [2.24, 2.45) is 0 Å². The van der Waals surface area contributed by atoms with Crippen molar-refractivity contribution in [2.75, 3.05) is 0 Å². The molecule has 0 amide bonds. The fourth-order valence-corrected chi connectivity index (χ4v) is 7.13. The Kier molecular flexibility index (Phi) is 5.54. The van der Waals surface area contributed by atoms with Crippen molar-refractivity contribution in [2.45, 2.75) is 0 Å². The van der Waals surface area contributed by atoms with Gasteiger partial charge in [-0.05, 0) is 58.7 Å². The van der Waals surface area contributed by atoms with Crippen LogP contribution in [0.3, 0.4) is 0 Å². The molecule has 0 fully saturated rings. The third kappa shape index (κ3) is 3.98. The van der Waals surface area contributed by atoms with Crippen LogP contribution in [0.2, 0.25) is 0 Å². The smallest absolute Gasteiger partial charge is 0.144 e. The van der Waals surface area contributed by atoms with Gasteiger partial charge in [0.15, 0.2) is 0 Å². The Labute approximate surface area is 269 Å². The van der Waals surface area contributed by atoms with Crippen molar-refractivity contribution in [3.05, 3.63) is 152 Å². The Bertz CT molecular complexity index is 2850. The lowest BCUT2D eigenvalue weighted by atomic mass is 9.94. The van der Waals surface area contributed by atoms with Crippen molar-refractivity contribution in [3.8, 4) is 33.5 Å². The van der Waals surface area contributed by atoms with Gasteiger partial charge in [-0.25, -0.2) is 4.98 Å². The third-order valence-corrected chi connectivity index (χ3v) is 9.36. The molecule has 0 aliphatic rings. The van der Waals surface area contributed by atoms with Crippen LogP contribution in [0.25, 0.3) is 98.9 Å². The highest BCUT2D eigenvalue weighted by Gasteiger charge is 2.17. The minimum absolute atomic E-state index is 0.896. The monoisotopic (exact) mass is 599 g/mol. The lowest BCUT2D eigenvalue weighted by Crippen LogP contribution is -1.91. The van der Waals surface area contributed by atoms with Gasteiger partial charge >= 0.3 is 0 Å². The number of aromatic nitrogens is 3. The van der Waals surface area contributed by atoms with E-state index in [1.165, 1.54) is 0 Å². The minimum Gasteiger partial charge on any atom is -0.455 e. The molecule has 0 aliphatic heterocycles. The van der Waals surface area contributed by atoms with Gasteiger partial charge < -0.3 is 4.42 Å². The zero-order chi connectivity index (χ0) is 30.9. The predicted octanol–water partition coefficient (Wildman–Crippen LogP) is 11.4. The largest absolute Gasteiger partial charge is 0.455 e. The summed E-state index contributed by atoms with van der Waals surface area (Å²) in [5, 5.41) is 7.71. The summed E-state index contributed by atoms with van der Waals surface area (Å²) in [6.45, 7) is 0. The van der Waals surface area contributed by atoms with Crippen molar-refractivity contribution in [3.63, 3.8) is 0 Å². The van der Waals surface area contributed by atoms with E-state index in [9.17, 15) is 0 Å². The van der Waals surface area contributed by atoms with Gasteiger partial charge in [0.1, 0.15) is 11.2 Å². The molecule has 0 saturated carbocycles. The van der Waals surface area contributed by atoms with E-state index in [4.69, 9.17) is 14.4 Å². The summed E-state index contributed by atoms with van der Waals surface area (Å²) in [5.74, 6) is 0. The molecule has 0 aliphatic carbocycles. The van der Waals surface area contributed by atoms with Crippen LogP contribution in [0.4, 0.5) is 0 Å². The molecule has 0 N–H and O–H groups in total. The standard InChI is InChI=1S/C43H25N3O/c1-3-12-37-35(11-1)39-36(21-20-34-32-10-2-4-13-38(32)47-43(34)39)40(46-37)30-8-5-7-29(25-30)26-14-16-27(17-15-26)31-22-24-45-42-33(31)19-18-28-9-6-23-44-41(28)42/h1-25H. The molecule has 0 spiro atoms. The molecule has 218 valence electrons. The number of pyridine rings is 3. The maximum atomic E-state index is 6.52. The topological polar surface area (TPSA) is 51.8 Å². The molecule has 4 aromatic heterocycles. The summed E-state index contributed by atoms with van der Waals surface area (Å²) in [6, 6.07) is 48.9. The third-order valence-electron chi connectivity index (χ3n) is 9.36. The summed E-state index contributed by atoms with van der Waals surface area (Å²) in [5.41, 5.74) is 11.2. The first kappa shape index (κ1) is 25.9. The molecule has 6 aromatic carbocycles. The van der Waals surface area contributed by atoms with Crippen molar-refractivity contribution < 1.29 is 4.42 Å². The van der Waals surface area contributed by atoms with E-state index in [0.717, 1.165) is 98.9 Å². The first-order valence-electron chi connectivity index (χ1n) is 15.8.